The fourth-order valence-electron chi connectivity index (χ4n) is 1.22. The van der Waals surface area contributed by atoms with E-state index < -0.39 is 0 Å². The maximum absolute atomic E-state index is 11.0. The van der Waals surface area contributed by atoms with E-state index in [2.05, 4.69) is 10.3 Å². The zero-order valence-electron chi connectivity index (χ0n) is 6.59. The fourth-order valence-corrected chi connectivity index (χ4v) is 1.22. The molecule has 2 N–H and O–H groups in total. The lowest BCUT2D eigenvalue weighted by atomic mass is 10.1. The highest BCUT2D eigenvalue weighted by atomic mass is 16.1. The number of hydrogen-bond acceptors (Lipinski definition) is 3. The van der Waals surface area contributed by atoms with Crippen molar-refractivity contribution in [1.29, 1.82) is 5.41 Å². The SMILES string of the molecule is Cn1cnc2c1NC(=O)CC2=N. The molecular formula is C7H8N4O. The van der Waals surface area contributed by atoms with Crippen molar-refractivity contribution in [2.24, 2.45) is 7.05 Å². The highest BCUT2D eigenvalue weighted by Gasteiger charge is 2.23. The molecule has 62 valence electrons. The quantitative estimate of drug-likeness (QED) is 0.572. The van der Waals surface area contributed by atoms with Crippen LogP contribution in [0.5, 0.6) is 0 Å². The van der Waals surface area contributed by atoms with Crippen LogP contribution in [0.1, 0.15) is 12.1 Å². The van der Waals surface area contributed by atoms with Crippen molar-refractivity contribution in [1.82, 2.24) is 9.55 Å². The normalized spacial score (nSPS) is 15.8. The summed E-state index contributed by atoms with van der Waals surface area (Å²) in [6, 6.07) is 0. The van der Waals surface area contributed by atoms with Crippen LogP contribution in [0.4, 0.5) is 5.82 Å². The molecule has 0 saturated heterocycles. The summed E-state index contributed by atoms with van der Waals surface area (Å²) >= 11 is 0. The van der Waals surface area contributed by atoms with Gasteiger partial charge in [-0.2, -0.15) is 0 Å². The lowest BCUT2D eigenvalue weighted by molar-refractivity contribution is -0.115. The minimum atomic E-state index is -0.142. The summed E-state index contributed by atoms with van der Waals surface area (Å²) in [5, 5.41) is 10.1. The predicted octanol–water partition coefficient (Wildman–Crippen LogP) is 0.130. The van der Waals surface area contributed by atoms with E-state index in [0.29, 0.717) is 11.5 Å². The average Bonchev–Trinajstić information content (AvgIpc) is 2.33. The molecule has 0 fully saturated rings. The Kier molecular flexibility index (Phi) is 1.27. The molecule has 5 nitrogen and oxygen atoms in total. The molecule has 1 aromatic heterocycles. The molecule has 1 aliphatic rings. The van der Waals surface area contributed by atoms with Crippen molar-refractivity contribution in [2.45, 2.75) is 6.42 Å². The highest BCUT2D eigenvalue weighted by molar-refractivity contribution is 6.18. The van der Waals surface area contributed by atoms with Crippen LogP contribution in [0.25, 0.3) is 0 Å². The van der Waals surface area contributed by atoms with Gasteiger partial charge >= 0.3 is 0 Å². The largest absolute Gasteiger partial charge is 0.320 e. The first kappa shape index (κ1) is 7.02. The maximum Gasteiger partial charge on any atom is 0.231 e. The summed E-state index contributed by atoms with van der Waals surface area (Å²) in [6.07, 6.45) is 1.72. The van der Waals surface area contributed by atoms with E-state index >= 15 is 0 Å². The van der Waals surface area contributed by atoms with Gasteiger partial charge < -0.3 is 15.3 Å². The van der Waals surface area contributed by atoms with E-state index in [-0.39, 0.29) is 18.0 Å². The summed E-state index contributed by atoms with van der Waals surface area (Å²) < 4.78 is 1.70. The average molecular weight is 164 g/mol. The molecule has 2 rings (SSSR count). The molecule has 2 heterocycles. The summed E-state index contributed by atoms with van der Waals surface area (Å²) in [4.78, 5) is 15.0. The molecule has 0 radical (unpaired) electrons. The van der Waals surface area contributed by atoms with E-state index in [9.17, 15) is 4.79 Å². The topological polar surface area (TPSA) is 70.8 Å². The number of amides is 1. The van der Waals surface area contributed by atoms with Gasteiger partial charge in [0.1, 0.15) is 11.5 Å². The van der Waals surface area contributed by atoms with Crippen LogP contribution in [0.15, 0.2) is 6.33 Å². The van der Waals surface area contributed by atoms with Crippen LogP contribution >= 0.6 is 0 Å². The molecule has 1 aliphatic heterocycles. The molecule has 0 aliphatic carbocycles. The summed E-state index contributed by atoms with van der Waals surface area (Å²) in [6.45, 7) is 0. The third-order valence-electron chi connectivity index (χ3n) is 1.82. The second kappa shape index (κ2) is 2.17. The first-order valence-electron chi connectivity index (χ1n) is 3.57. The molecule has 0 unspecified atom stereocenters. The van der Waals surface area contributed by atoms with Gasteiger partial charge in [0.25, 0.3) is 0 Å². The second-order valence-electron chi connectivity index (χ2n) is 2.76. The Morgan fingerprint density at radius 2 is 2.50 bits per heavy atom. The van der Waals surface area contributed by atoms with Gasteiger partial charge in [0.15, 0.2) is 0 Å². The first-order valence-corrected chi connectivity index (χ1v) is 3.57. The number of rotatable bonds is 0. The first-order chi connectivity index (χ1) is 5.68. The number of aromatic nitrogens is 2. The van der Waals surface area contributed by atoms with Crippen LogP contribution < -0.4 is 5.32 Å². The molecule has 0 bridgehead atoms. The molecule has 5 heteroatoms. The van der Waals surface area contributed by atoms with Crippen molar-refractivity contribution >= 4 is 17.4 Å². The number of aryl methyl sites for hydroxylation is 1. The number of hydrogen-bond donors (Lipinski definition) is 2. The van der Waals surface area contributed by atoms with E-state index in [0.717, 1.165) is 0 Å². The van der Waals surface area contributed by atoms with Crippen molar-refractivity contribution in [3.05, 3.63) is 12.0 Å². The zero-order valence-corrected chi connectivity index (χ0v) is 6.59. The summed E-state index contributed by atoms with van der Waals surface area (Å²) in [5.41, 5.74) is 0.867. The Morgan fingerprint density at radius 3 is 3.25 bits per heavy atom. The third kappa shape index (κ3) is 0.827. The molecule has 12 heavy (non-hydrogen) atoms. The third-order valence-corrected chi connectivity index (χ3v) is 1.82. The standard InChI is InChI=1S/C7H8N4O/c1-11-3-9-6-4(8)2-5(12)10-7(6)11/h3,8H,2H2,1H3,(H,10,12). The van der Waals surface area contributed by atoms with E-state index in [4.69, 9.17) is 5.41 Å². The number of carbonyl (C=O) groups is 1. The molecule has 0 aromatic carbocycles. The van der Waals surface area contributed by atoms with Crippen LogP contribution in [0.2, 0.25) is 0 Å². The number of carbonyl (C=O) groups excluding carboxylic acids is 1. The lowest BCUT2D eigenvalue weighted by Crippen LogP contribution is -2.25. The molecule has 1 amide bonds. The highest BCUT2D eigenvalue weighted by Crippen LogP contribution is 2.19. The van der Waals surface area contributed by atoms with Crippen molar-refractivity contribution in [3.63, 3.8) is 0 Å². The van der Waals surface area contributed by atoms with Crippen LogP contribution in [0, 0.1) is 5.41 Å². The van der Waals surface area contributed by atoms with E-state index in [1.54, 1.807) is 17.9 Å². The summed E-state index contributed by atoms with van der Waals surface area (Å²) in [5.74, 6) is 0.479. The molecule has 0 spiro atoms. The van der Waals surface area contributed by atoms with Crippen molar-refractivity contribution in [3.8, 4) is 0 Å². The predicted molar refractivity (Wildman–Crippen MR) is 43.3 cm³/mol. The monoisotopic (exact) mass is 164 g/mol. The number of nitrogens with one attached hydrogen (secondary N) is 2. The minimum absolute atomic E-state index is 0.129. The second-order valence-corrected chi connectivity index (χ2v) is 2.76. The number of imidazole rings is 1. The molecule has 0 saturated carbocycles. The van der Waals surface area contributed by atoms with Crippen LogP contribution in [-0.4, -0.2) is 21.2 Å². The molecular weight excluding hydrogens is 156 g/mol. The minimum Gasteiger partial charge on any atom is -0.320 e. The lowest BCUT2D eigenvalue weighted by Gasteiger charge is -2.13. The van der Waals surface area contributed by atoms with Gasteiger partial charge in [-0.3, -0.25) is 4.79 Å². The number of anilines is 1. The van der Waals surface area contributed by atoms with E-state index in [1.165, 1.54) is 0 Å². The Hall–Kier alpha value is -1.65. The Labute approximate surface area is 68.9 Å². The van der Waals surface area contributed by atoms with Gasteiger partial charge in [0, 0.05) is 7.05 Å². The Bertz CT molecular complexity index is 365. The zero-order chi connectivity index (χ0) is 8.72. The Balaban J connectivity index is 2.57. The Morgan fingerprint density at radius 1 is 1.75 bits per heavy atom. The van der Waals surface area contributed by atoms with E-state index in [1.807, 2.05) is 0 Å². The van der Waals surface area contributed by atoms with Gasteiger partial charge in [-0.05, 0) is 0 Å². The van der Waals surface area contributed by atoms with Crippen molar-refractivity contribution in [2.75, 3.05) is 5.32 Å². The van der Waals surface area contributed by atoms with Gasteiger partial charge in [-0.25, -0.2) is 4.98 Å². The van der Waals surface area contributed by atoms with Gasteiger partial charge in [0.2, 0.25) is 5.91 Å². The van der Waals surface area contributed by atoms with Crippen LogP contribution in [-0.2, 0) is 11.8 Å². The van der Waals surface area contributed by atoms with Crippen molar-refractivity contribution < 1.29 is 4.79 Å². The number of nitrogens with zero attached hydrogens (tertiary/aromatic N) is 2. The van der Waals surface area contributed by atoms with Gasteiger partial charge in [0.05, 0.1) is 18.5 Å². The molecule has 0 atom stereocenters. The van der Waals surface area contributed by atoms with Crippen LogP contribution in [0.3, 0.4) is 0 Å². The summed E-state index contributed by atoms with van der Waals surface area (Å²) in [7, 11) is 1.78. The maximum atomic E-state index is 11.0. The fraction of sp³-hybridized carbons (Fsp3) is 0.286. The van der Waals surface area contributed by atoms with Gasteiger partial charge in [-0.1, -0.05) is 0 Å². The molecule has 1 aromatic rings. The smallest absolute Gasteiger partial charge is 0.231 e. The number of fused-ring (bicyclic) bond motifs is 1. The van der Waals surface area contributed by atoms with Gasteiger partial charge in [-0.15, -0.1) is 0 Å².